The first kappa shape index (κ1) is 65.1. The number of hydrogen-bond donors (Lipinski definition) is 0. The van der Waals surface area contributed by atoms with Crippen molar-refractivity contribution in [2.75, 3.05) is 13.2 Å². The van der Waals surface area contributed by atoms with Crippen molar-refractivity contribution in [1.82, 2.24) is 0 Å². The predicted octanol–water partition coefficient (Wildman–Crippen LogP) is 19.6. The van der Waals surface area contributed by atoms with Crippen LogP contribution in [0, 0.1) is 0 Å². The van der Waals surface area contributed by atoms with Crippen molar-refractivity contribution in [2.24, 2.45) is 0 Å². The molecule has 0 fully saturated rings. The van der Waals surface area contributed by atoms with Gasteiger partial charge in [0.05, 0.1) is 0 Å². The lowest BCUT2D eigenvalue weighted by molar-refractivity contribution is -0.167. The fraction of sp³-hybridized carbons (Fsp3) is 0.790. The zero-order chi connectivity index (χ0) is 49.3. The summed E-state index contributed by atoms with van der Waals surface area (Å²) in [5, 5.41) is 0. The Balaban J connectivity index is 4.42. The van der Waals surface area contributed by atoms with Gasteiger partial charge in [-0.1, -0.05) is 281 Å². The second kappa shape index (κ2) is 56.7. The van der Waals surface area contributed by atoms with E-state index in [1.54, 1.807) is 0 Å². The van der Waals surface area contributed by atoms with Gasteiger partial charge in [0.15, 0.2) is 6.10 Å². The van der Waals surface area contributed by atoms with Crippen LogP contribution in [0.4, 0.5) is 0 Å². The van der Waals surface area contributed by atoms with Gasteiger partial charge in [-0.25, -0.2) is 0 Å². The number of esters is 3. The molecular formula is C62H110O6. The van der Waals surface area contributed by atoms with E-state index >= 15 is 0 Å². The average Bonchev–Trinajstić information content (AvgIpc) is 3.34. The van der Waals surface area contributed by atoms with Gasteiger partial charge in [0.1, 0.15) is 13.2 Å². The van der Waals surface area contributed by atoms with Crippen LogP contribution < -0.4 is 0 Å². The minimum Gasteiger partial charge on any atom is -0.462 e. The van der Waals surface area contributed by atoms with E-state index in [4.69, 9.17) is 14.2 Å². The predicted molar refractivity (Wildman–Crippen MR) is 293 cm³/mol. The SMILES string of the molecule is CC/C=C\C/C=C\C/C=C\C/C=C\C/C=C\CCCC(=O)OCC(COC(=O)CCCCCCCCCCCCCCCCCC)OC(=O)CCCCCCCCCCCCCCCCCCC. The summed E-state index contributed by atoms with van der Waals surface area (Å²) in [7, 11) is 0. The molecule has 0 aliphatic heterocycles. The highest BCUT2D eigenvalue weighted by Gasteiger charge is 2.19. The normalized spacial score (nSPS) is 12.5. The lowest BCUT2D eigenvalue weighted by Gasteiger charge is -2.18. The van der Waals surface area contributed by atoms with E-state index in [-0.39, 0.29) is 37.5 Å². The number of carbonyl (C=O) groups is 3. The average molecular weight is 952 g/mol. The molecule has 0 heterocycles. The molecule has 0 radical (unpaired) electrons. The lowest BCUT2D eigenvalue weighted by Crippen LogP contribution is -2.30. The summed E-state index contributed by atoms with van der Waals surface area (Å²) in [4.78, 5) is 38.2. The number of unbranched alkanes of at least 4 members (excludes halogenated alkanes) is 32. The van der Waals surface area contributed by atoms with Crippen LogP contribution in [0.2, 0.25) is 0 Å². The van der Waals surface area contributed by atoms with Crippen molar-refractivity contribution < 1.29 is 28.6 Å². The molecule has 0 saturated heterocycles. The Kier molecular flexibility index (Phi) is 54.3. The maximum atomic E-state index is 12.9. The zero-order valence-corrected chi connectivity index (χ0v) is 45.1. The minimum atomic E-state index is -0.794. The Morgan fingerprint density at radius 1 is 0.309 bits per heavy atom. The number of allylic oxidation sites excluding steroid dienone is 10. The van der Waals surface area contributed by atoms with Gasteiger partial charge in [-0.2, -0.15) is 0 Å². The van der Waals surface area contributed by atoms with E-state index in [1.165, 1.54) is 173 Å². The van der Waals surface area contributed by atoms with Crippen LogP contribution in [0.25, 0.3) is 0 Å². The Labute approximate surface area is 421 Å². The highest BCUT2D eigenvalue weighted by atomic mass is 16.6. The molecule has 0 aromatic heterocycles. The molecule has 0 spiro atoms. The van der Waals surface area contributed by atoms with E-state index in [2.05, 4.69) is 81.5 Å². The van der Waals surface area contributed by atoms with Gasteiger partial charge in [0, 0.05) is 19.3 Å². The molecule has 0 aliphatic rings. The van der Waals surface area contributed by atoms with Crippen molar-refractivity contribution in [3.8, 4) is 0 Å². The monoisotopic (exact) mass is 951 g/mol. The summed E-state index contributed by atoms with van der Waals surface area (Å²) in [5.74, 6) is -0.932. The lowest BCUT2D eigenvalue weighted by atomic mass is 10.0. The third kappa shape index (κ3) is 54.1. The molecule has 0 saturated carbocycles. The summed E-state index contributed by atoms with van der Waals surface area (Å²) >= 11 is 0. The highest BCUT2D eigenvalue weighted by molar-refractivity contribution is 5.71. The molecule has 0 aliphatic carbocycles. The summed E-state index contributed by atoms with van der Waals surface area (Å²) in [6.45, 7) is 6.52. The second-order valence-electron chi connectivity index (χ2n) is 19.5. The third-order valence-corrected chi connectivity index (χ3v) is 12.8. The van der Waals surface area contributed by atoms with E-state index in [0.29, 0.717) is 19.3 Å². The first-order valence-corrected chi connectivity index (χ1v) is 29.3. The fourth-order valence-electron chi connectivity index (χ4n) is 8.42. The van der Waals surface area contributed by atoms with Crippen LogP contribution >= 0.6 is 0 Å². The van der Waals surface area contributed by atoms with Crippen molar-refractivity contribution in [3.63, 3.8) is 0 Å². The van der Waals surface area contributed by atoms with Gasteiger partial charge in [0.25, 0.3) is 0 Å². The molecule has 68 heavy (non-hydrogen) atoms. The van der Waals surface area contributed by atoms with Crippen molar-refractivity contribution in [2.45, 2.75) is 303 Å². The standard InChI is InChI=1S/C62H110O6/c1-4-7-10-13-16-19-22-25-28-31-34-37-40-43-46-49-52-55-61(64)67-58-59(57-66-60(63)54-51-48-45-42-39-36-33-30-27-24-21-18-15-12-9-6-3)68-62(65)56-53-50-47-44-41-38-35-32-29-26-23-20-17-14-11-8-5-2/h7,10,16,19,25,28,34,37,43,46,59H,4-6,8-9,11-15,17-18,20-24,26-27,29-33,35-36,38-42,44-45,47-58H2,1-3H3/b10-7-,19-16-,28-25-,37-34-,46-43-. The molecule has 394 valence electrons. The van der Waals surface area contributed by atoms with Crippen LogP contribution in [-0.4, -0.2) is 37.2 Å². The summed E-state index contributed by atoms with van der Waals surface area (Å²) in [6, 6.07) is 0. The van der Waals surface area contributed by atoms with E-state index in [0.717, 1.165) is 77.0 Å². The summed E-state index contributed by atoms with van der Waals surface area (Å²) < 4.78 is 16.8. The molecule has 1 atom stereocenters. The first-order chi connectivity index (χ1) is 33.5. The van der Waals surface area contributed by atoms with E-state index in [9.17, 15) is 14.4 Å². The quantitative estimate of drug-likeness (QED) is 0.0262. The number of rotatable bonds is 53. The first-order valence-electron chi connectivity index (χ1n) is 29.3. The van der Waals surface area contributed by atoms with Gasteiger partial charge in [0.2, 0.25) is 0 Å². The topological polar surface area (TPSA) is 78.9 Å². The Bertz CT molecular complexity index is 1230. The Morgan fingerprint density at radius 2 is 0.574 bits per heavy atom. The largest absolute Gasteiger partial charge is 0.462 e. The molecule has 0 amide bonds. The minimum absolute atomic E-state index is 0.0875. The van der Waals surface area contributed by atoms with Gasteiger partial charge in [-0.05, 0) is 57.8 Å². The van der Waals surface area contributed by atoms with Crippen molar-refractivity contribution >= 4 is 17.9 Å². The molecule has 0 bridgehead atoms. The Morgan fingerprint density at radius 3 is 0.897 bits per heavy atom. The maximum Gasteiger partial charge on any atom is 0.306 e. The van der Waals surface area contributed by atoms with Crippen molar-refractivity contribution in [1.29, 1.82) is 0 Å². The molecule has 0 rings (SSSR count). The molecule has 0 aromatic carbocycles. The van der Waals surface area contributed by atoms with Crippen LogP contribution in [0.15, 0.2) is 60.8 Å². The Hall–Kier alpha value is -2.89. The van der Waals surface area contributed by atoms with E-state index < -0.39 is 6.10 Å². The molecule has 6 nitrogen and oxygen atoms in total. The number of carbonyl (C=O) groups excluding carboxylic acids is 3. The van der Waals surface area contributed by atoms with Crippen LogP contribution in [0.3, 0.4) is 0 Å². The number of ether oxygens (including phenoxy) is 3. The smallest absolute Gasteiger partial charge is 0.306 e. The van der Waals surface area contributed by atoms with Gasteiger partial charge >= 0.3 is 17.9 Å². The fourth-order valence-corrected chi connectivity index (χ4v) is 8.42. The van der Waals surface area contributed by atoms with E-state index in [1.807, 2.05) is 0 Å². The highest BCUT2D eigenvalue weighted by Crippen LogP contribution is 2.17. The van der Waals surface area contributed by atoms with Gasteiger partial charge in [-0.15, -0.1) is 0 Å². The molecule has 0 N–H and O–H groups in total. The zero-order valence-electron chi connectivity index (χ0n) is 45.1. The van der Waals surface area contributed by atoms with Crippen molar-refractivity contribution in [3.05, 3.63) is 60.8 Å². The maximum absolute atomic E-state index is 12.9. The van der Waals surface area contributed by atoms with Crippen LogP contribution in [0.1, 0.15) is 297 Å². The molecule has 0 aromatic rings. The van der Waals surface area contributed by atoms with Gasteiger partial charge in [-0.3, -0.25) is 14.4 Å². The number of hydrogen-bond acceptors (Lipinski definition) is 6. The summed E-state index contributed by atoms with van der Waals surface area (Å²) in [5.41, 5.74) is 0. The van der Waals surface area contributed by atoms with Crippen LogP contribution in [0.5, 0.6) is 0 Å². The van der Waals surface area contributed by atoms with Crippen LogP contribution in [-0.2, 0) is 28.6 Å². The second-order valence-corrected chi connectivity index (χ2v) is 19.5. The third-order valence-electron chi connectivity index (χ3n) is 12.8. The molecular weight excluding hydrogens is 841 g/mol. The molecule has 6 heteroatoms. The summed E-state index contributed by atoms with van der Waals surface area (Å²) in [6.07, 6.45) is 70.7. The molecule has 1 unspecified atom stereocenters. The van der Waals surface area contributed by atoms with Gasteiger partial charge < -0.3 is 14.2 Å².